The molecule has 0 aliphatic carbocycles. The Balaban J connectivity index is 1.48. The van der Waals surface area contributed by atoms with Crippen LogP contribution < -0.4 is 10.9 Å². The smallest absolute Gasteiger partial charge is 0.267 e. The van der Waals surface area contributed by atoms with Crippen molar-refractivity contribution in [3.8, 4) is 17.5 Å². The zero-order valence-corrected chi connectivity index (χ0v) is 23.7. The average Bonchev–Trinajstić information content (AvgIpc) is 3.48. The average molecular weight is 560 g/mol. The van der Waals surface area contributed by atoms with Crippen LogP contribution in [0.5, 0.6) is 0 Å². The number of thiazole rings is 1. The zero-order chi connectivity index (χ0) is 28.7. The van der Waals surface area contributed by atoms with Gasteiger partial charge in [0.2, 0.25) is 0 Å². The molecule has 0 spiro atoms. The number of nitrogens with zero attached hydrogens (tertiary/aromatic N) is 6. The molecule has 0 saturated carbocycles. The summed E-state index contributed by atoms with van der Waals surface area (Å²) >= 11 is 1.52. The van der Waals surface area contributed by atoms with Crippen molar-refractivity contribution in [1.29, 1.82) is 0 Å². The second-order valence-electron chi connectivity index (χ2n) is 9.59. The van der Waals surface area contributed by atoms with Crippen LogP contribution in [0.4, 0.5) is 0 Å². The van der Waals surface area contributed by atoms with E-state index in [9.17, 15) is 9.59 Å². The normalized spacial score (nSPS) is 11.8. The fourth-order valence-electron chi connectivity index (χ4n) is 4.84. The molecule has 10 heteroatoms. The molecule has 4 heterocycles. The minimum atomic E-state index is -0.629. The number of aryl methyl sites for hydroxylation is 3. The Morgan fingerprint density at radius 3 is 2.54 bits per heavy atom. The van der Waals surface area contributed by atoms with Gasteiger partial charge in [-0.1, -0.05) is 30.2 Å². The van der Waals surface area contributed by atoms with Crippen LogP contribution in [0.2, 0.25) is 0 Å². The van der Waals surface area contributed by atoms with Crippen LogP contribution in [-0.2, 0) is 0 Å². The molecule has 0 aliphatic rings. The predicted octanol–water partition coefficient (Wildman–Crippen LogP) is 4.70. The van der Waals surface area contributed by atoms with Crippen LogP contribution in [0.3, 0.4) is 0 Å². The van der Waals surface area contributed by atoms with Crippen LogP contribution in [-0.4, -0.2) is 35.0 Å². The Kier molecular flexibility index (Phi) is 6.65. The van der Waals surface area contributed by atoms with Crippen molar-refractivity contribution in [1.82, 2.24) is 34.4 Å². The highest BCUT2D eigenvalue weighted by atomic mass is 32.1. The minimum Gasteiger partial charge on any atom is -0.342 e. The number of nitrogens with one attached hydrogen (secondary N) is 1. The SMILES string of the molecule is Cc1nc(C)c(C#Cc2cccc3nc(C(C)NC(=O)c4c(C)nn5cccnc45)n(-c4ccccc4)c(=O)c23)s1. The van der Waals surface area contributed by atoms with E-state index in [2.05, 4.69) is 32.2 Å². The second-order valence-corrected chi connectivity index (χ2v) is 10.8. The van der Waals surface area contributed by atoms with E-state index in [-0.39, 0.29) is 11.5 Å². The molecule has 4 aromatic heterocycles. The molecule has 0 aliphatic heterocycles. The minimum absolute atomic E-state index is 0.270. The summed E-state index contributed by atoms with van der Waals surface area (Å²) < 4.78 is 3.11. The number of benzene rings is 2. The molecule has 1 unspecified atom stereocenters. The summed E-state index contributed by atoms with van der Waals surface area (Å²) in [6.45, 7) is 7.43. The number of carbonyl (C=O) groups is 1. The van der Waals surface area contributed by atoms with E-state index in [1.54, 1.807) is 47.5 Å². The van der Waals surface area contributed by atoms with Gasteiger partial charge < -0.3 is 5.32 Å². The lowest BCUT2D eigenvalue weighted by Crippen LogP contribution is -2.33. The van der Waals surface area contributed by atoms with Gasteiger partial charge in [0.15, 0.2) is 5.65 Å². The molecule has 1 N–H and O–H groups in total. The molecule has 202 valence electrons. The summed E-state index contributed by atoms with van der Waals surface area (Å²) in [6, 6.07) is 15.8. The molecule has 6 aromatic rings. The number of aromatic nitrogens is 6. The van der Waals surface area contributed by atoms with Crippen molar-refractivity contribution >= 4 is 33.8 Å². The molecule has 0 radical (unpaired) electrons. The van der Waals surface area contributed by atoms with Crippen LogP contribution in [0.1, 0.15) is 56.0 Å². The summed E-state index contributed by atoms with van der Waals surface area (Å²) in [5.74, 6) is 6.41. The van der Waals surface area contributed by atoms with Crippen molar-refractivity contribution in [3.05, 3.63) is 116 Å². The summed E-state index contributed by atoms with van der Waals surface area (Å²) in [5, 5.41) is 8.76. The summed E-state index contributed by atoms with van der Waals surface area (Å²) in [6.07, 6.45) is 3.36. The van der Waals surface area contributed by atoms with Gasteiger partial charge in [-0.05, 0) is 63.9 Å². The van der Waals surface area contributed by atoms with Gasteiger partial charge in [-0.25, -0.2) is 19.5 Å². The zero-order valence-electron chi connectivity index (χ0n) is 22.8. The van der Waals surface area contributed by atoms with Crippen molar-refractivity contribution in [2.75, 3.05) is 0 Å². The van der Waals surface area contributed by atoms with E-state index in [1.165, 1.54) is 11.3 Å². The second kappa shape index (κ2) is 10.4. The fraction of sp³-hybridized carbons (Fsp3) is 0.161. The maximum atomic E-state index is 14.2. The number of carbonyl (C=O) groups excluding carboxylic acids is 1. The number of amides is 1. The van der Waals surface area contributed by atoms with Crippen molar-refractivity contribution in [2.45, 2.75) is 33.7 Å². The van der Waals surface area contributed by atoms with Gasteiger partial charge in [-0.3, -0.25) is 14.2 Å². The van der Waals surface area contributed by atoms with Gasteiger partial charge in [0, 0.05) is 18.0 Å². The highest BCUT2D eigenvalue weighted by Crippen LogP contribution is 2.22. The topological polar surface area (TPSA) is 107 Å². The monoisotopic (exact) mass is 559 g/mol. The predicted molar refractivity (Wildman–Crippen MR) is 159 cm³/mol. The highest BCUT2D eigenvalue weighted by Gasteiger charge is 2.24. The van der Waals surface area contributed by atoms with Gasteiger partial charge in [0.05, 0.1) is 39.0 Å². The first-order valence-electron chi connectivity index (χ1n) is 13.0. The first-order chi connectivity index (χ1) is 19.8. The standard InChI is InChI=1S/C31H25N7O2S/c1-18-25(41-21(4)33-18)15-14-22-10-8-13-24-27(22)31(40)38(23-11-6-5-7-12-23)28(35-24)20(3)34-30(39)26-19(2)36-37-17-9-16-32-29(26)37/h5-13,16-17,20H,1-4H3,(H,34,39). The van der Waals surface area contributed by atoms with Crippen LogP contribution in [0, 0.1) is 32.6 Å². The van der Waals surface area contributed by atoms with Crippen molar-refractivity contribution < 1.29 is 4.79 Å². The van der Waals surface area contributed by atoms with Gasteiger partial charge in [0.1, 0.15) is 16.3 Å². The van der Waals surface area contributed by atoms with E-state index in [0.29, 0.717) is 44.9 Å². The Hall–Kier alpha value is -5.14. The van der Waals surface area contributed by atoms with Crippen molar-refractivity contribution in [2.24, 2.45) is 0 Å². The third-order valence-corrected chi connectivity index (χ3v) is 7.67. The lowest BCUT2D eigenvalue weighted by molar-refractivity contribution is 0.0938. The number of hydrogen-bond acceptors (Lipinski definition) is 7. The molecule has 1 atom stereocenters. The third kappa shape index (κ3) is 4.77. The molecule has 9 nitrogen and oxygen atoms in total. The van der Waals surface area contributed by atoms with Gasteiger partial charge in [0.25, 0.3) is 11.5 Å². The van der Waals surface area contributed by atoms with Crippen molar-refractivity contribution in [3.63, 3.8) is 0 Å². The molecule has 2 aromatic carbocycles. The number of para-hydroxylation sites is 1. The summed E-state index contributed by atoms with van der Waals surface area (Å²) in [4.78, 5) is 42.2. The Labute approximate surface area is 239 Å². The first-order valence-corrected chi connectivity index (χ1v) is 13.8. The molecule has 0 bridgehead atoms. The highest BCUT2D eigenvalue weighted by molar-refractivity contribution is 7.12. The van der Waals surface area contributed by atoms with Gasteiger partial charge in [-0.15, -0.1) is 11.3 Å². The van der Waals surface area contributed by atoms with E-state index < -0.39 is 6.04 Å². The van der Waals surface area contributed by atoms with E-state index in [0.717, 1.165) is 15.6 Å². The third-order valence-electron chi connectivity index (χ3n) is 6.68. The van der Waals surface area contributed by atoms with Crippen LogP contribution in [0.25, 0.3) is 22.2 Å². The molecule has 41 heavy (non-hydrogen) atoms. The van der Waals surface area contributed by atoms with Crippen LogP contribution >= 0.6 is 11.3 Å². The quantitative estimate of drug-likeness (QED) is 0.314. The maximum Gasteiger partial charge on any atom is 0.267 e. The molecule has 0 fully saturated rings. The largest absolute Gasteiger partial charge is 0.342 e. The Morgan fingerprint density at radius 2 is 1.78 bits per heavy atom. The van der Waals surface area contributed by atoms with Crippen LogP contribution in [0.15, 0.2) is 71.8 Å². The van der Waals surface area contributed by atoms with Gasteiger partial charge >= 0.3 is 0 Å². The van der Waals surface area contributed by atoms with Gasteiger partial charge in [-0.2, -0.15) is 5.10 Å². The lowest BCUT2D eigenvalue weighted by atomic mass is 10.1. The molecule has 1 amide bonds. The molecule has 6 rings (SSSR count). The molecular formula is C31H25N7O2S. The number of rotatable bonds is 4. The summed E-state index contributed by atoms with van der Waals surface area (Å²) in [5.41, 5.74) is 3.68. The lowest BCUT2D eigenvalue weighted by Gasteiger charge is -2.20. The summed E-state index contributed by atoms with van der Waals surface area (Å²) in [7, 11) is 0. The number of fused-ring (bicyclic) bond motifs is 2. The Morgan fingerprint density at radius 1 is 0.976 bits per heavy atom. The first kappa shape index (κ1) is 26.1. The molecular weight excluding hydrogens is 534 g/mol. The number of hydrogen-bond donors (Lipinski definition) is 1. The maximum absolute atomic E-state index is 14.2. The Bertz CT molecular complexity index is 2080. The molecule has 0 saturated heterocycles. The van der Waals surface area contributed by atoms with E-state index >= 15 is 0 Å². The van der Waals surface area contributed by atoms with E-state index in [4.69, 9.17) is 4.98 Å². The van der Waals surface area contributed by atoms with E-state index in [1.807, 2.05) is 56.3 Å². The fourth-order valence-corrected chi connectivity index (χ4v) is 5.61.